The molecule has 0 bridgehead atoms. The standard InChI is InChI=1S/C6H16N2.H3O4P/c1-5(2,7)6(3,4)8;1-5(2,3)4/h7-8H2,1-4H3;(H3,1,2,3,4). The molecule has 0 amide bonds. The molecule has 0 saturated heterocycles. The Morgan fingerprint density at radius 2 is 1.00 bits per heavy atom. The zero-order valence-corrected chi connectivity index (χ0v) is 9.25. The molecule has 0 fully saturated rings. The molecule has 6 nitrogen and oxygen atoms in total. The highest BCUT2D eigenvalue weighted by molar-refractivity contribution is 7.45. The second kappa shape index (κ2) is 4.50. The van der Waals surface area contributed by atoms with Crippen LogP contribution in [0.4, 0.5) is 0 Å². The van der Waals surface area contributed by atoms with Gasteiger partial charge in [0.1, 0.15) is 0 Å². The third-order valence-corrected chi connectivity index (χ3v) is 1.66. The van der Waals surface area contributed by atoms with E-state index in [9.17, 15) is 0 Å². The quantitative estimate of drug-likeness (QED) is 0.375. The lowest BCUT2D eigenvalue weighted by Crippen LogP contribution is -2.58. The van der Waals surface area contributed by atoms with Gasteiger partial charge in [-0.1, -0.05) is 0 Å². The van der Waals surface area contributed by atoms with Crippen LogP contribution in [0.1, 0.15) is 27.7 Å². The number of phosphoric acid groups is 1. The van der Waals surface area contributed by atoms with E-state index in [0.717, 1.165) is 0 Å². The van der Waals surface area contributed by atoms with E-state index in [1.807, 2.05) is 27.7 Å². The summed E-state index contributed by atoms with van der Waals surface area (Å²) in [6, 6.07) is 0. The van der Waals surface area contributed by atoms with Crippen molar-refractivity contribution in [1.82, 2.24) is 0 Å². The molecule has 0 saturated carbocycles. The second-order valence-electron chi connectivity index (χ2n) is 3.96. The van der Waals surface area contributed by atoms with Gasteiger partial charge in [0.05, 0.1) is 0 Å². The van der Waals surface area contributed by atoms with E-state index in [1.165, 1.54) is 0 Å². The fourth-order valence-corrected chi connectivity index (χ4v) is 0. The van der Waals surface area contributed by atoms with Crippen molar-refractivity contribution in [3.05, 3.63) is 0 Å². The highest BCUT2D eigenvalue weighted by atomic mass is 31.2. The second-order valence-corrected chi connectivity index (χ2v) is 4.98. The summed E-state index contributed by atoms with van der Waals surface area (Å²) in [7, 11) is -4.64. The molecule has 7 heteroatoms. The van der Waals surface area contributed by atoms with Crippen LogP contribution in [0.2, 0.25) is 0 Å². The summed E-state index contributed by atoms with van der Waals surface area (Å²) in [6.45, 7) is 7.69. The predicted octanol–water partition coefficient (Wildman–Crippen LogP) is -0.468. The number of nitrogens with two attached hydrogens (primary N) is 2. The van der Waals surface area contributed by atoms with E-state index in [2.05, 4.69) is 0 Å². The van der Waals surface area contributed by atoms with Crippen molar-refractivity contribution in [1.29, 1.82) is 0 Å². The topological polar surface area (TPSA) is 130 Å². The highest BCUT2D eigenvalue weighted by Gasteiger charge is 2.28. The number of rotatable bonds is 1. The summed E-state index contributed by atoms with van der Waals surface area (Å²) in [4.78, 5) is 21.6. The van der Waals surface area contributed by atoms with Gasteiger partial charge in [-0.05, 0) is 27.7 Å². The smallest absolute Gasteiger partial charge is 0.324 e. The average molecular weight is 214 g/mol. The van der Waals surface area contributed by atoms with Crippen LogP contribution >= 0.6 is 7.82 Å². The third kappa shape index (κ3) is 14.8. The van der Waals surface area contributed by atoms with Gasteiger partial charge in [0.25, 0.3) is 0 Å². The lowest BCUT2D eigenvalue weighted by atomic mass is 9.85. The van der Waals surface area contributed by atoms with Crippen LogP contribution in [0.3, 0.4) is 0 Å². The lowest BCUT2D eigenvalue weighted by molar-refractivity contribution is 0.275. The van der Waals surface area contributed by atoms with Crippen molar-refractivity contribution in [2.24, 2.45) is 11.5 Å². The van der Waals surface area contributed by atoms with Gasteiger partial charge in [0.15, 0.2) is 0 Å². The molecule has 0 aliphatic carbocycles. The zero-order chi connectivity index (χ0) is 11.5. The van der Waals surface area contributed by atoms with E-state index in [1.54, 1.807) is 0 Å². The number of hydrogen-bond acceptors (Lipinski definition) is 3. The van der Waals surface area contributed by atoms with E-state index >= 15 is 0 Å². The molecule has 0 aromatic rings. The monoisotopic (exact) mass is 214 g/mol. The minimum atomic E-state index is -4.64. The van der Waals surface area contributed by atoms with Gasteiger partial charge in [-0.3, -0.25) is 0 Å². The largest absolute Gasteiger partial charge is 0.466 e. The molecule has 13 heavy (non-hydrogen) atoms. The van der Waals surface area contributed by atoms with Crippen LogP contribution in [0.5, 0.6) is 0 Å². The van der Waals surface area contributed by atoms with Crippen molar-refractivity contribution in [2.75, 3.05) is 0 Å². The van der Waals surface area contributed by atoms with Gasteiger partial charge >= 0.3 is 7.82 Å². The molecular weight excluding hydrogens is 195 g/mol. The Bertz CT molecular complexity index is 168. The van der Waals surface area contributed by atoms with Crippen LogP contribution in [-0.4, -0.2) is 25.8 Å². The first-order valence-electron chi connectivity index (χ1n) is 3.61. The number of hydrogen-bond donors (Lipinski definition) is 5. The van der Waals surface area contributed by atoms with E-state index < -0.39 is 7.82 Å². The van der Waals surface area contributed by atoms with Gasteiger partial charge in [-0.15, -0.1) is 0 Å². The van der Waals surface area contributed by atoms with Crippen LogP contribution in [0.25, 0.3) is 0 Å². The third-order valence-electron chi connectivity index (χ3n) is 1.66. The molecule has 0 spiro atoms. The van der Waals surface area contributed by atoms with Gasteiger partial charge in [-0.2, -0.15) is 0 Å². The molecule has 0 radical (unpaired) electrons. The first kappa shape index (κ1) is 15.5. The van der Waals surface area contributed by atoms with Crippen molar-refractivity contribution in [3.63, 3.8) is 0 Å². The van der Waals surface area contributed by atoms with E-state index in [4.69, 9.17) is 30.7 Å². The Kier molecular flexibility index (Phi) is 5.37. The normalized spacial score (nSPS) is 13.3. The van der Waals surface area contributed by atoms with Crippen molar-refractivity contribution in [2.45, 2.75) is 38.8 Å². The Morgan fingerprint density at radius 1 is 0.923 bits per heavy atom. The Labute approximate surface area is 78.2 Å². The van der Waals surface area contributed by atoms with Crippen molar-refractivity contribution < 1.29 is 19.2 Å². The van der Waals surface area contributed by atoms with Gasteiger partial charge < -0.3 is 26.1 Å². The zero-order valence-electron chi connectivity index (χ0n) is 8.35. The molecule has 0 aromatic carbocycles. The fourth-order valence-electron chi connectivity index (χ4n) is 0. The Balaban J connectivity index is 0. The molecule has 0 aromatic heterocycles. The van der Waals surface area contributed by atoms with Crippen LogP contribution < -0.4 is 11.5 Å². The van der Waals surface area contributed by atoms with Crippen LogP contribution in [0.15, 0.2) is 0 Å². The molecule has 82 valence electrons. The summed E-state index contributed by atoms with van der Waals surface area (Å²) >= 11 is 0. The molecule has 0 rings (SSSR count). The molecule has 0 atom stereocenters. The average Bonchev–Trinajstić information content (AvgIpc) is 1.50. The van der Waals surface area contributed by atoms with Crippen molar-refractivity contribution in [3.8, 4) is 0 Å². The summed E-state index contributed by atoms with van der Waals surface area (Å²) in [5, 5.41) is 0. The van der Waals surface area contributed by atoms with E-state index in [0.29, 0.717) is 0 Å². The Morgan fingerprint density at radius 3 is 1.00 bits per heavy atom. The minimum absolute atomic E-state index is 0.285. The Hall–Kier alpha value is 0.0300. The SMILES string of the molecule is CC(C)(N)C(C)(C)N.O=P(O)(O)O. The fraction of sp³-hybridized carbons (Fsp3) is 1.00. The van der Waals surface area contributed by atoms with Crippen molar-refractivity contribution >= 4 is 7.82 Å². The molecule has 0 unspecified atom stereocenters. The predicted molar refractivity (Wildman–Crippen MR) is 50.8 cm³/mol. The minimum Gasteiger partial charge on any atom is -0.324 e. The molecule has 0 aliphatic rings. The maximum atomic E-state index is 8.88. The van der Waals surface area contributed by atoms with Gasteiger partial charge in [-0.25, -0.2) is 4.57 Å². The van der Waals surface area contributed by atoms with E-state index in [-0.39, 0.29) is 11.1 Å². The van der Waals surface area contributed by atoms with Crippen LogP contribution in [0, 0.1) is 0 Å². The molecule has 0 aliphatic heterocycles. The highest BCUT2D eigenvalue weighted by Crippen LogP contribution is 2.25. The van der Waals surface area contributed by atoms with Gasteiger partial charge in [0.2, 0.25) is 0 Å². The summed E-state index contributed by atoms with van der Waals surface area (Å²) in [5.41, 5.74) is 10.8. The summed E-state index contributed by atoms with van der Waals surface area (Å²) in [5.74, 6) is 0. The maximum Gasteiger partial charge on any atom is 0.466 e. The summed E-state index contributed by atoms with van der Waals surface area (Å²) in [6.07, 6.45) is 0. The molecule has 7 N–H and O–H groups in total. The summed E-state index contributed by atoms with van der Waals surface area (Å²) < 4.78 is 8.88. The maximum absolute atomic E-state index is 8.88. The van der Waals surface area contributed by atoms with Crippen LogP contribution in [-0.2, 0) is 4.57 Å². The molecular formula is C6H19N2O4P. The molecule has 0 heterocycles. The first-order valence-corrected chi connectivity index (χ1v) is 5.18. The first-order chi connectivity index (χ1) is 5.25. The lowest BCUT2D eigenvalue weighted by Gasteiger charge is -2.34. The van der Waals surface area contributed by atoms with Gasteiger partial charge in [0, 0.05) is 11.1 Å².